The van der Waals surface area contributed by atoms with Crippen LogP contribution in [0.15, 0.2) is 29.1 Å². The zero-order chi connectivity index (χ0) is 9.26. The maximum Gasteiger partial charge on any atom is 0.308 e. The molecule has 0 fully saturated rings. The van der Waals surface area contributed by atoms with Gasteiger partial charge in [0, 0.05) is 13.1 Å². The molecule has 0 aliphatic carbocycles. The molecule has 0 spiro atoms. The van der Waals surface area contributed by atoms with E-state index in [9.17, 15) is 4.79 Å². The smallest absolute Gasteiger partial charge is 0.308 e. The Morgan fingerprint density at radius 3 is 3.23 bits per heavy atom. The van der Waals surface area contributed by atoms with Gasteiger partial charge < -0.3 is 9.15 Å². The first kappa shape index (κ1) is 7.79. The Morgan fingerprint density at radius 2 is 2.46 bits per heavy atom. The lowest BCUT2D eigenvalue weighted by Gasteiger charge is -1.95. The summed E-state index contributed by atoms with van der Waals surface area (Å²) in [4.78, 5) is 14.5. The normalized spacial score (nSPS) is 10.2. The van der Waals surface area contributed by atoms with E-state index in [1.807, 2.05) is 0 Å². The third-order valence-corrected chi connectivity index (χ3v) is 1.60. The predicted molar refractivity (Wildman–Crippen MR) is 45.3 cm³/mol. The van der Waals surface area contributed by atoms with Crippen LogP contribution < -0.4 is 4.74 Å². The van der Waals surface area contributed by atoms with Crippen molar-refractivity contribution in [2.45, 2.75) is 6.92 Å². The molecule has 0 saturated carbocycles. The van der Waals surface area contributed by atoms with E-state index in [4.69, 9.17) is 9.15 Å². The van der Waals surface area contributed by atoms with Crippen molar-refractivity contribution in [2.24, 2.45) is 0 Å². The van der Waals surface area contributed by atoms with Gasteiger partial charge in [-0.3, -0.25) is 9.78 Å². The summed E-state index contributed by atoms with van der Waals surface area (Å²) >= 11 is 0. The minimum absolute atomic E-state index is 0.362. The molecule has 13 heavy (non-hydrogen) atoms. The first-order valence-electron chi connectivity index (χ1n) is 3.77. The number of pyridine rings is 1. The van der Waals surface area contributed by atoms with Crippen LogP contribution in [0.1, 0.15) is 6.92 Å². The number of hydrogen-bond acceptors (Lipinski definition) is 4. The highest BCUT2D eigenvalue weighted by molar-refractivity contribution is 5.85. The highest BCUT2D eigenvalue weighted by atomic mass is 16.5. The average molecular weight is 177 g/mol. The molecule has 0 radical (unpaired) electrons. The Labute approximate surface area is 74.1 Å². The lowest BCUT2D eigenvalue weighted by Crippen LogP contribution is -2.00. The average Bonchev–Trinajstić information content (AvgIpc) is 2.48. The molecule has 0 atom stereocenters. The second-order valence-corrected chi connectivity index (χ2v) is 2.57. The standard InChI is InChI=1S/C9H7NO3/c1-6(11)13-9-5-12-8-4-10-3-2-7(8)9/h2-5H,1H3. The van der Waals surface area contributed by atoms with Gasteiger partial charge in [-0.1, -0.05) is 0 Å². The Kier molecular flexibility index (Phi) is 1.73. The summed E-state index contributed by atoms with van der Waals surface area (Å²) in [5.74, 6) is 0.0735. The molecular weight excluding hydrogens is 170 g/mol. The van der Waals surface area contributed by atoms with Crippen molar-refractivity contribution >= 4 is 16.9 Å². The van der Waals surface area contributed by atoms with Crippen LogP contribution in [0.2, 0.25) is 0 Å². The van der Waals surface area contributed by atoms with Gasteiger partial charge >= 0.3 is 5.97 Å². The van der Waals surface area contributed by atoms with Crippen LogP contribution in [0.25, 0.3) is 11.0 Å². The number of carbonyl (C=O) groups excluding carboxylic acids is 1. The molecule has 2 aromatic rings. The van der Waals surface area contributed by atoms with E-state index < -0.39 is 0 Å². The Bertz CT molecular complexity index is 447. The van der Waals surface area contributed by atoms with Gasteiger partial charge in [0.05, 0.1) is 11.6 Å². The number of esters is 1. The molecule has 2 aromatic heterocycles. The topological polar surface area (TPSA) is 52.3 Å². The molecule has 0 N–H and O–H groups in total. The molecular formula is C9H7NO3. The lowest BCUT2D eigenvalue weighted by molar-refractivity contribution is -0.131. The largest absolute Gasteiger partial charge is 0.459 e. The third-order valence-electron chi connectivity index (χ3n) is 1.60. The number of furan rings is 1. The van der Waals surface area contributed by atoms with Crippen molar-refractivity contribution < 1.29 is 13.9 Å². The molecule has 0 aromatic carbocycles. The van der Waals surface area contributed by atoms with Crippen molar-refractivity contribution in [3.63, 3.8) is 0 Å². The van der Waals surface area contributed by atoms with Gasteiger partial charge in [0.15, 0.2) is 11.3 Å². The summed E-state index contributed by atoms with van der Waals surface area (Å²) in [6.45, 7) is 1.35. The van der Waals surface area contributed by atoms with E-state index in [-0.39, 0.29) is 5.97 Å². The Morgan fingerprint density at radius 1 is 1.62 bits per heavy atom. The minimum atomic E-state index is -0.362. The van der Waals surface area contributed by atoms with Gasteiger partial charge in [-0.05, 0) is 6.07 Å². The minimum Gasteiger partial charge on any atom is -0.459 e. The first-order valence-corrected chi connectivity index (χ1v) is 3.77. The maximum atomic E-state index is 10.7. The zero-order valence-electron chi connectivity index (χ0n) is 6.98. The number of ether oxygens (including phenoxy) is 1. The van der Waals surface area contributed by atoms with E-state index in [0.717, 1.165) is 5.39 Å². The summed E-state index contributed by atoms with van der Waals surface area (Å²) in [5, 5.41) is 0.755. The number of carbonyl (C=O) groups is 1. The first-order chi connectivity index (χ1) is 6.27. The van der Waals surface area contributed by atoms with E-state index in [2.05, 4.69) is 4.98 Å². The Balaban J connectivity index is 2.51. The third kappa shape index (κ3) is 1.38. The fourth-order valence-electron chi connectivity index (χ4n) is 1.09. The van der Waals surface area contributed by atoms with Crippen LogP contribution in [0.5, 0.6) is 5.75 Å². The van der Waals surface area contributed by atoms with Crippen LogP contribution in [0.4, 0.5) is 0 Å². The van der Waals surface area contributed by atoms with Gasteiger partial charge in [0.1, 0.15) is 6.26 Å². The molecule has 2 heterocycles. The molecule has 0 amide bonds. The van der Waals surface area contributed by atoms with E-state index in [1.54, 1.807) is 18.5 Å². The number of hydrogen-bond donors (Lipinski definition) is 0. The molecule has 0 aliphatic rings. The molecule has 2 rings (SSSR count). The van der Waals surface area contributed by atoms with Crippen LogP contribution in [-0.2, 0) is 4.79 Å². The van der Waals surface area contributed by atoms with E-state index in [1.165, 1.54) is 13.2 Å². The summed E-state index contributed by atoms with van der Waals surface area (Å²) in [7, 11) is 0. The fourth-order valence-corrected chi connectivity index (χ4v) is 1.09. The number of nitrogens with zero attached hydrogens (tertiary/aromatic N) is 1. The number of rotatable bonds is 1. The van der Waals surface area contributed by atoms with Crippen LogP contribution >= 0.6 is 0 Å². The number of aromatic nitrogens is 1. The highest BCUT2D eigenvalue weighted by Gasteiger charge is 2.07. The summed E-state index contributed by atoms with van der Waals surface area (Å²) in [6, 6.07) is 1.73. The Hall–Kier alpha value is -1.84. The predicted octanol–water partition coefficient (Wildman–Crippen LogP) is 1.75. The van der Waals surface area contributed by atoms with Gasteiger partial charge in [-0.2, -0.15) is 0 Å². The van der Waals surface area contributed by atoms with Crippen LogP contribution in [0.3, 0.4) is 0 Å². The summed E-state index contributed by atoms with van der Waals surface area (Å²) in [5.41, 5.74) is 0.610. The second kappa shape index (κ2) is 2.90. The van der Waals surface area contributed by atoms with Crippen LogP contribution in [-0.4, -0.2) is 11.0 Å². The van der Waals surface area contributed by atoms with Gasteiger partial charge in [-0.25, -0.2) is 0 Å². The van der Waals surface area contributed by atoms with Gasteiger partial charge in [-0.15, -0.1) is 0 Å². The molecule has 0 aliphatic heterocycles. The van der Waals surface area contributed by atoms with Crippen LogP contribution in [0, 0.1) is 0 Å². The molecule has 66 valence electrons. The van der Waals surface area contributed by atoms with Crippen molar-refractivity contribution in [3.8, 4) is 5.75 Å². The SMILES string of the molecule is CC(=O)Oc1coc2cnccc12. The van der Waals surface area contributed by atoms with E-state index in [0.29, 0.717) is 11.3 Å². The zero-order valence-corrected chi connectivity index (χ0v) is 6.98. The lowest BCUT2D eigenvalue weighted by atomic mass is 10.3. The molecule has 4 heteroatoms. The molecule has 0 bridgehead atoms. The van der Waals surface area contributed by atoms with Crippen molar-refractivity contribution in [3.05, 3.63) is 24.7 Å². The van der Waals surface area contributed by atoms with Crippen molar-refractivity contribution in [1.29, 1.82) is 0 Å². The summed E-state index contributed by atoms with van der Waals surface area (Å²) < 4.78 is 10.0. The van der Waals surface area contributed by atoms with Gasteiger partial charge in [0.2, 0.25) is 0 Å². The maximum absolute atomic E-state index is 10.7. The summed E-state index contributed by atoms with van der Waals surface area (Å²) in [6.07, 6.45) is 4.58. The molecule has 0 unspecified atom stereocenters. The fraction of sp³-hybridized carbons (Fsp3) is 0.111. The van der Waals surface area contributed by atoms with E-state index >= 15 is 0 Å². The second-order valence-electron chi connectivity index (χ2n) is 2.57. The molecule has 0 saturated heterocycles. The molecule has 4 nitrogen and oxygen atoms in total. The van der Waals surface area contributed by atoms with Crippen molar-refractivity contribution in [2.75, 3.05) is 0 Å². The quantitative estimate of drug-likeness (QED) is 0.622. The highest BCUT2D eigenvalue weighted by Crippen LogP contribution is 2.26. The number of fused-ring (bicyclic) bond motifs is 1. The monoisotopic (exact) mass is 177 g/mol. The van der Waals surface area contributed by atoms with Crippen molar-refractivity contribution in [1.82, 2.24) is 4.98 Å². The van der Waals surface area contributed by atoms with Gasteiger partial charge in [0.25, 0.3) is 0 Å².